The molecule has 0 saturated carbocycles. The van der Waals surface area contributed by atoms with Gasteiger partial charge < -0.3 is 4.90 Å². The van der Waals surface area contributed by atoms with Crippen LogP contribution in [-0.2, 0) is 14.8 Å². The summed E-state index contributed by atoms with van der Waals surface area (Å²) in [5, 5.41) is 0. The molecule has 0 aromatic heterocycles. The number of rotatable bonds is 5. The monoisotopic (exact) mass is 352 g/mol. The van der Waals surface area contributed by atoms with Gasteiger partial charge in [-0.1, -0.05) is 19.1 Å². The van der Waals surface area contributed by atoms with Gasteiger partial charge in [-0.2, -0.15) is 0 Å². The number of Topliss-reactive ketones (excluding diaryl/α,β-unsaturated/α-hetero) is 1. The Balaban J connectivity index is 2.25. The molecule has 1 aliphatic heterocycles. The summed E-state index contributed by atoms with van der Waals surface area (Å²) in [6, 6.07) is 6.35. The normalized spacial score (nSPS) is 18.3. The Hall–Kier alpha value is -1.89. The predicted octanol–water partition coefficient (Wildman–Crippen LogP) is 1.91. The highest BCUT2D eigenvalue weighted by Gasteiger charge is 2.26. The van der Waals surface area contributed by atoms with E-state index >= 15 is 0 Å². The molecule has 0 bridgehead atoms. The Bertz CT molecular complexity index is 730. The van der Waals surface area contributed by atoms with E-state index in [1.54, 1.807) is 23.1 Å². The lowest BCUT2D eigenvalue weighted by molar-refractivity contribution is -0.131. The molecule has 1 aromatic carbocycles. The van der Waals surface area contributed by atoms with E-state index in [0.29, 0.717) is 30.3 Å². The number of piperidine rings is 1. The van der Waals surface area contributed by atoms with Crippen LogP contribution in [0.2, 0.25) is 0 Å². The van der Waals surface area contributed by atoms with Crippen LogP contribution in [0.25, 0.3) is 0 Å². The molecule has 24 heavy (non-hydrogen) atoms. The van der Waals surface area contributed by atoms with E-state index in [2.05, 4.69) is 6.92 Å². The Kier molecular flexibility index (Phi) is 5.64. The third-order valence-corrected chi connectivity index (χ3v) is 5.37. The zero-order valence-corrected chi connectivity index (χ0v) is 15.2. The minimum Gasteiger partial charge on any atom is -0.341 e. The Morgan fingerprint density at radius 2 is 2.04 bits per heavy atom. The highest BCUT2D eigenvalue weighted by Crippen LogP contribution is 2.21. The molecule has 1 atom stereocenters. The SMILES string of the molecule is CC(=O)c1cccc(N(CC(=O)N2CCCC(C)C2)S(C)(=O)=O)c1. The number of likely N-dealkylation sites (tertiary alicyclic amines) is 1. The van der Waals surface area contributed by atoms with Crippen molar-refractivity contribution in [2.45, 2.75) is 26.7 Å². The van der Waals surface area contributed by atoms with Crippen molar-refractivity contribution >= 4 is 27.4 Å². The van der Waals surface area contributed by atoms with Crippen LogP contribution < -0.4 is 4.31 Å². The Morgan fingerprint density at radius 3 is 2.62 bits per heavy atom. The van der Waals surface area contributed by atoms with E-state index in [1.807, 2.05) is 0 Å². The molecular weight excluding hydrogens is 328 g/mol. The molecular formula is C17H24N2O4S. The third-order valence-electron chi connectivity index (χ3n) is 4.23. The summed E-state index contributed by atoms with van der Waals surface area (Å²) in [6.07, 6.45) is 3.09. The maximum atomic E-state index is 12.5. The van der Waals surface area contributed by atoms with Gasteiger partial charge in [-0.3, -0.25) is 13.9 Å². The highest BCUT2D eigenvalue weighted by molar-refractivity contribution is 7.92. The van der Waals surface area contributed by atoms with Crippen molar-refractivity contribution < 1.29 is 18.0 Å². The minimum absolute atomic E-state index is 0.151. The van der Waals surface area contributed by atoms with Gasteiger partial charge in [0, 0.05) is 18.7 Å². The van der Waals surface area contributed by atoms with Crippen LogP contribution >= 0.6 is 0 Å². The first-order valence-electron chi connectivity index (χ1n) is 8.05. The molecule has 0 N–H and O–H groups in total. The zero-order chi connectivity index (χ0) is 17.9. The molecule has 0 radical (unpaired) electrons. The van der Waals surface area contributed by atoms with Gasteiger partial charge in [-0.25, -0.2) is 8.42 Å². The average Bonchev–Trinajstić information content (AvgIpc) is 2.51. The van der Waals surface area contributed by atoms with E-state index in [4.69, 9.17) is 0 Å². The number of sulfonamides is 1. The third kappa shape index (κ3) is 4.56. The van der Waals surface area contributed by atoms with Gasteiger partial charge in [-0.15, -0.1) is 0 Å². The van der Waals surface area contributed by atoms with Crippen LogP contribution in [0.15, 0.2) is 24.3 Å². The van der Waals surface area contributed by atoms with Gasteiger partial charge in [-0.05, 0) is 37.8 Å². The zero-order valence-electron chi connectivity index (χ0n) is 14.4. The largest absolute Gasteiger partial charge is 0.341 e. The molecule has 1 heterocycles. The summed E-state index contributed by atoms with van der Waals surface area (Å²) in [4.78, 5) is 25.8. The summed E-state index contributed by atoms with van der Waals surface area (Å²) >= 11 is 0. The van der Waals surface area contributed by atoms with E-state index in [-0.39, 0.29) is 18.2 Å². The quantitative estimate of drug-likeness (QED) is 0.759. The molecule has 1 fully saturated rings. The fourth-order valence-electron chi connectivity index (χ4n) is 2.92. The number of carbonyl (C=O) groups is 2. The van der Waals surface area contributed by atoms with Gasteiger partial charge in [0.2, 0.25) is 15.9 Å². The smallest absolute Gasteiger partial charge is 0.243 e. The van der Waals surface area contributed by atoms with E-state index < -0.39 is 10.0 Å². The van der Waals surface area contributed by atoms with Gasteiger partial charge in [0.25, 0.3) is 0 Å². The van der Waals surface area contributed by atoms with Gasteiger partial charge in [0.1, 0.15) is 6.54 Å². The number of nitrogens with zero attached hydrogens (tertiary/aromatic N) is 2. The maximum Gasteiger partial charge on any atom is 0.243 e. The lowest BCUT2D eigenvalue weighted by Gasteiger charge is -2.33. The van der Waals surface area contributed by atoms with Crippen LogP contribution in [0.4, 0.5) is 5.69 Å². The van der Waals surface area contributed by atoms with Gasteiger partial charge in [0.05, 0.1) is 11.9 Å². The second-order valence-electron chi connectivity index (χ2n) is 6.46. The molecule has 1 saturated heterocycles. The number of carbonyl (C=O) groups excluding carboxylic acids is 2. The molecule has 1 aliphatic rings. The van der Waals surface area contributed by atoms with Crippen LogP contribution in [0.5, 0.6) is 0 Å². The van der Waals surface area contributed by atoms with Gasteiger partial charge in [0.15, 0.2) is 5.78 Å². The van der Waals surface area contributed by atoms with Crippen LogP contribution in [0, 0.1) is 5.92 Å². The number of ketones is 1. The van der Waals surface area contributed by atoms with Crippen molar-refractivity contribution in [1.82, 2.24) is 4.90 Å². The predicted molar refractivity (Wildman–Crippen MR) is 93.6 cm³/mol. The number of hydrogen-bond donors (Lipinski definition) is 0. The summed E-state index contributed by atoms with van der Waals surface area (Å²) in [5.41, 5.74) is 0.754. The lowest BCUT2D eigenvalue weighted by Crippen LogP contribution is -2.46. The van der Waals surface area contributed by atoms with Crippen molar-refractivity contribution in [3.63, 3.8) is 0 Å². The van der Waals surface area contributed by atoms with Crippen molar-refractivity contribution in [2.24, 2.45) is 5.92 Å². The second-order valence-corrected chi connectivity index (χ2v) is 8.37. The van der Waals surface area contributed by atoms with Crippen molar-refractivity contribution in [1.29, 1.82) is 0 Å². The fraction of sp³-hybridized carbons (Fsp3) is 0.529. The number of amides is 1. The topological polar surface area (TPSA) is 74.8 Å². The molecule has 1 amide bonds. The molecule has 1 aromatic rings. The summed E-state index contributed by atoms with van der Waals surface area (Å²) in [7, 11) is -3.63. The van der Waals surface area contributed by atoms with Crippen LogP contribution in [-0.4, -0.2) is 50.9 Å². The number of anilines is 1. The minimum atomic E-state index is -3.63. The molecule has 132 valence electrons. The van der Waals surface area contributed by atoms with E-state index in [0.717, 1.165) is 23.4 Å². The van der Waals surface area contributed by atoms with Crippen LogP contribution in [0.1, 0.15) is 37.0 Å². The highest BCUT2D eigenvalue weighted by atomic mass is 32.2. The molecule has 2 rings (SSSR count). The molecule has 1 unspecified atom stereocenters. The van der Waals surface area contributed by atoms with E-state index in [9.17, 15) is 18.0 Å². The summed E-state index contributed by atoms with van der Waals surface area (Å²) < 4.78 is 25.4. The molecule has 7 heteroatoms. The van der Waals surface area contributed by atoms with Crippen molar-refractivity contribution in [3.8, 4) is 0 Å². The number of benzene rings is 1. The van der Waals surface area contributed by atoms with E-state index in [1.165, 1.54) is 13.0 Å². The fourth-order valence-corrected chi connectivity index (χ4v) is 3.76. The average molecular weight is 352 g/mol. The summed E-state index contributed by atoms with van der Waals surface area (Å²) in [6.45, 7) is 4.58. The van der Waals surface area contributed by atoms with Crippen molar-refractivity contribution in [2.75, 3.05) is 30.2 Å². The van der Waals surface area contributed by atoms with Crippen LogP contribution in [0.3, 0.4) is 0 Å². The molecule has 0 aliphatic carbocycles. The van der Waals surface area contributed by atoms with Crippen molar-refractivity contribution in [3.05, 3.63) is 29.8 Å². The lowest BCUT2D eigenvalue weighted by atomic mass is 10.0. The first-order chi connectivity index (χ1) is 11.2. The molecule has 0 spiro atoms. The molecule has 6 nitrogen and oxygen atoms in total. The number of hydrogen-bond acceptors (Lipinski definition) is 4. The Labute approximate surface area is 143 Å². The summed E-state index contributed by atoms with van der Waals surface area (Å²) in [5.74, 6) is 0.0668. The Morgan fingerprint density at radius 1 is 1.33 bits per heavy atom. The first-order valence-corrected chi connectivity index (χ1v) is 9.90. The maximum absolute atomic E-state index is 12.5. The van der Waals surface area contributed by atoms with Gasteiger partial charge >= 0.3 is 0 Å². The second kappa shape index (κ2) is 7.34. The standard InChI is InChI=1S/C17H24N2O4S/c1-13-6-5-9-18(11-13)17(21)12-19(24(3,22)23)16-8-4-7-15(10-16)14(2)20/h4,7-8,10,13H,5-6,9,11-12H2,1-3H3. The first kappa shape index (κ1) is 18.4.